The van der Waals surface area contributed by atoms with Gasteiger partial charge in [-0.3, -0.25) is 9.78 Å². The second-order valence-corrected chi connectivity index (χ2v) is 7.66. The lowest BCUT2D eigenvalue weighted by Gasteiger charge is -2.18. The third-order valence-corrected chi connectivity index (χ3v) is 4.46. The van der Waals surface area contributed by atoms with Gasteiger partial charge in [-0.05, 0) is 47.7 Å². The van der Waals surface area contributed by atoms with Crippen molar-refractivity contribution in [3.8, 4) is 11.5 Å². The van der Waals surface area contributed by atoms with E-state index in [1.807, 2.05) is 31.2 Å². The van der Waals surface area contributed by atoms with Crippen LogP contribution < -0.4 is 5.32 Å². The van der Waals surface area contributed by atoms with Gasteiger partial charge < -0.3 is 9.73 Å². The number of benzene rings is 1. The number of carbonyl (C=O) groups excluding carboxylic acids is 1. The number of oxazole rings is 1. The van der Waals surface area contributed by atoms with Crippen molar-refractivity contribution >= 4 is 5.91 Å². The maximum atomic E-state index is 12.2. The lowest BCUT2D eigenvalue weighted by molar-refractivity contribution is -0.120. The van der Waals surface area contributed by atoms with Crippen molar-refractivity contribution in [2.45, 2.75) is 46.1 Å². The van der Waals surface area contributed by atoms with Gasteiger partial charge in [-0.1, -0.05) is 32.9 Å². The fourth-order valence-electron chi connectivity index (χ4n) is 2.74. The van der Waals surface area contributed by atoms with E-state index < -0.39 is 0 Å². The van der Waals surface area contributed by atoms with Gasteiger partial charge in [0.25, 0.3) is 0 Å². The van der Waals surface area contributed by atoms with E-state index in [-0.39, 0.29) is 17.7 Å². The molecule has 5 heteroatoms. The van der Waals surface area contributed by atoms with Gasteiger partial charge in [-0.2, -0.15) is 0 Å². The minimum absolute atomic E-state index is 0.0853. The highest BCUT2D eigenvalue weighted by Crippen LogP contribution is 2.27. The van der Waals surface area contributed by atoms with Gasteiger partial charge in [0.2, 0.25) is 11.8 Å². The molecule has 0 spiro atoms. The molecule has 0 atom stereocenters. The first-order valence-electron chi connectivity index (χ1n) is 9.06. The van der Waals surface area contributed by atoms with E-state index in [0.717, 1.165) is 11.1 Å². The molecule has 2 aromatic heterocycles. The van der Waals surface area contributed by atoms with Crippen LogP contribution in [0.5, 0.6) is 0 Å². The Hall–Kier alpha value is -2.95. The third-order valence-electron chi connectivity index (χ3n) is 4.46. The van der Waals surface area contributed by atoms with Crippen LogP contribution in [0.1, 0.15) is 43.4 Å². The van der Waals surface area contributed by atoms with Crippen LogP contribution in [0.2, 0.25) is 0 Å². The number of amides is 1. The first-order chi connectivity index (χ1) is 12.8. The summed E-state index contributed by atoms with van der Waals surface area (Å²) in [7, 11) is 0. The summed E-state index contributed by atoms with van der Waals surface area (Å²) in [5.41, 5.74) is 3.94. The van der Waals surface area contributed by atoms with Crippen molar-refractivity contribution in [3.05, 3.63) is 71.4 Å². The second kappa shape index (κ2) is 7.74. The Labute approximate surface area is 159 Å². The molecule has 0 aliphatic carbocycles. The Morgan fingerprint density at radius 1 is 1.07 bits per heavy atom. The molecule has 0 saturated carbocycles. The number of hydrogen-bond acceptors (Lipinski definition) is 4. The summed E-state index contributed by atoms with van der Waals surface area (Å²) in [6.07, 6.45) is 3.61. The van der Waals surface area contributed by atoms with Crippen LogP contribution in [-0.2, 0) is 23.2 Å². The topological polar surface area (TPSA) is 68.0 Å². The molecule has 140 valence electrons. The Morgan fingerprint density at radius 3 is 2.37 bits per heavy atom. The van der Waals surface area contributed by atoms with E-state index in [1.54, 1.807) is 12.4 Å². The highest BCUT2D eigenvalue weighted by atomic mass is 16.4. The summed E-state index contributed by atoms with van der Waals surface area (Å²) < 4.78 is 5.79. The Morgan fingerprint density at radius 2 is 1.74 bits per heavy atom. The Kier molecular flexibility index (Phi) is 5.40. The van der Waals surface area contributed by atoms with Crippen molar-refractivity contribution in [2.24, 2.45) is 0 Å². The van der Waals surface area contributed by atoms with E-state index in [0.29, 0.717) is 23.9 Å². The molecule has 0 bridgehead atoms. The van der Waals surface area contributed by atoms with Gasteiger partial charge in [0.15, 0.2) is 0 Å². The predicted octanol–water partition coefficient (Wildman–Crippen LogP) is 4.20. The van der Waals surface area contributed by atoms with Crippen molar-refractivity contribution in [3.63, 3.8) is 0 Å². The molecule has 1 aromatic carbocycles. The zero-order chi connectivity index (χ0) is 19.4. The summed E-state index contributed by atoms with van der Waals surface area (Å²) in [4.78, 5) is 20.7. The van der Waals surface area contributed by atoms with Crippen LogP contribution in [0, 0.1) is 6.92 Å². The van der Waals surface area contributed by atoms with Crippen LogP contribution in [-0.4, -0.2) is 15.9 Å². The molecule has 0 saturated heterocycles. The van der Waals surface area contributed by atoms with Crippen molar-refractivity contribution in [2.75, 3.05) is 0 Å². The number of hydrogen-bond donors (Lipinski definition) is 1. The monoisotopic (exact) mass is 363 g/mol. The van der Waals surface area contributed by atoms with Gasteiger partial charge in [-0.25, -0.2) is 4.98 Å². The molecule has 0 fully saturated rings. The van der Waals surface area contributed by atoms with E-state index >= 15 is 0 Å². The number of aryl methyl sites for hydroxylation is 1. The van der Waals surface area contributed by atoms with E-state index in [9.17, 15) is 4.79 Å². The van der Waals surface area contributed by atoms with Crippen LogP contribution >= 0.6 is 0 Å². The predicted molar refractivity (Wildman–Crippen MR) is 105 cm³/mol. The van der Waals surface area contributed by atoms with Crippen LogP contribution in [0.3, 0.4) is 0 Å². The summed E-state index contributed by atoms with van der Waals surface area (Å²) in [5.74, 6) is 1.13. The first-order valence-corrected chi connectivity index (χ1v) is 9.06. The minimum atomic E-state index is -0.0853. The number of nitrogens with one attached hydrogen (secondary N) is 1. The third kappa shape index (κ3) is 4.82. The zero-order valence-electron chi connectivity index (χ0n) is 16.2. The molecule has 0 aliphatic heterocycles. The second-order valence-electron chi connectivity index (χ2n) is 7.66. The number of rotatable bonds is 5. The summed E-state index contributed by atoms with van der Waals surface area (Å²) in [6, 6.07) is 12.0. The molecule has 1 N–H and O–H groups in total. The molecular formula is C22H25N3O2. The van der Waals surface area contributed by atoms with E-state index in [2.05, 4.69) is 48.2 Å². The SMILES string of the molecule is Cc1oc(-c2ccc(C(C)(C)C)cc2)nc1CC(=O)NCc1ccncc1. The Balaban J connectivity index is 1.66. The summed E-state index contributed by atoms with van der Waals surface area (Å²) in [6.45, 7) is 8.85. The van der Waals surface area contributed by atoms with E-state index in [4.69, 9.17) is 4.42 Å². The van der Waals surface area contributed by atoms with Crippen LogP contribution in [0.15, 0.2) is 53.2 Å². The van der Waals surface area contributed by atoms with Gasteiger partial charge >= 0.3 is 0 Å². The standard InChI is InChI=1S/C22H25N3O2/c1-15-19(13-20(26)24-14-16-9-11-23-12-10-16)25-21(27-15)17-5-7-18(8-6-17)22(2,3)4/h5-12H,13-14H2,1-4H3,(H,24,26). The van der Waals surface area contributed by atoms with Crippen molar-refractivity contribution < 1.29 is 9.21 Å². The van der Waals surface area contributed by atoms with E-state index in [1.165, 1.54) is 5.56 Å². The average Bonchev–Trinajstić information content (AvgIpc) is 3.01. The molecule has 27 heavy (non-hydrogen) atoms. The lowest BCUT2D eigenvalue weighted by atomic mass is 9.87. The van der Waals surface area contributed by atoms with Gasteiger partial charge in [0.05, 0.1) is 12.1 Å². The molecule has 3 aromatic rings. The average molecular weight is 363 g/mol. The molecule has 0 radical (unpaired) electrons. The zero-order valence-corrected chi connectivity index (χ0v) is 16.2. The molecule has 0 unspecified atom stereocenters. The maximum absolute atomic E-state index is 12.2. The molecule has 2 heterocycles. The van der Waals surface area contributed by atoms with Gasteiger partial charge in [0.1, 0.15) is 5.76 Å². The van der Waals surface area contributed by atoms with Crippen LogP contribution in [0.25, 0.3) is 11.5 Å². The normalized spacial score (nSPS) is 11.4. The number of nitrogens with zero attached hydrogens (tertiary/aromatic N) is 2. The summed E-state index contributed by atoms with van der Waals surface area (Å²) >= 11 is 0. The Bertz CT molecular complexity index is 907. The quantitative estimate of drug-likeness (QED) is 0.738. The van der Waals surface area contributed by atoms with Crippen LogP contribution in [0.4, 0.5) is 0 Å². The molecule has 3 rings (SSSR count). The van der Waals surface area contributed by atoms with Crippen molar-refractivity contribution in [1.82, 2.24) is 15.3 Å². The fourth-order valence-corrected chi connectivity index (χ4v) is 2.74. The molecule has 5 nitrogen and oxygen atoms in total. The molecular weight excluding hydrogens is 338 g/mol. The number of pyridine rings is 1. The largest absolute Gasteiger partial charge is 0.441 e. The fraction of sp³-hybridized carbons (Fsp3) is 0.318. The number of aromatic nitrogens is 2. The van der Waals surface area contributed by atoms with Gasteiger partial charge in [0, 0.05) is 24.5 Å². The molecule has 0 aliphatic rings. The highest BCUT2D eigenvalue weighted by Gasteiger charge is 2.17. The number of carbonyl (C=O) groups is 1. The molecule has 1 amide bonds. The van der Waals surface area contributed by atoms with Gasteiger partial charge in [-0.15, -0.1) is 0 Å². The smallest absolute Gasteiger partial charge is 0.226 e. The maximum Gasteiger partial charge on any atom is 0.226 e. The first kappa shape index (κ1) is 18.8. The highest BCUT2D eigenvalue weighted by molar-refractivity contribution is 5.78. The summed E-state index contributed by atoms with van der Waals surface area (Å²) in [5, 5.41) is 2.90. The minimum Gasteiger partial charge on any atom is -0.441 e. The van der Waals surface area contributed by atoms with Crippen molar-refractivity contribution in [1.29, 1.82) is 0 Å². The lowest BCUT2D eigenvalue weighted by Crippen LogP contribution is -2.24.